The van der Waals surface area contributed by atoms with E-state index in [-0.39, 0.29) is 7.48 Å². The third-order valence-corrected chi connectivity index (χ3v) is 5.43. The molecular weight excluding hydrogens is 367 g/mol. The Hall–Kier alpha value is -3.01. The molecule has 0 fully saturated rings. The Morgan fingerprint density at radius 3 is 2.07 bits per heavy atom. The van der Waals surface area contributed by atoms with Crippen molar-refractivity contribution in [2.45, 2.75) is 0 Å². The molecule has 0 amide bonds. The highest BCUT2D eigenvalue weighted by Crippen LogP contribution is 2.41. The topological polar surface area (TPSA) is 33.4 Å². The van der Waals surface area contributed by atoms with Gasteiger partial charge in [-0.3, -0.25) is 0 Å². The lowest BCUT2D eigenvalue weighted by atomic mass is 9.87. The van der Waals surface area contributed by atoms with E-state index >= 15 is 0 Å². The molecule has 134 valence electrons. The third-order valence-electron chi connectivity index (χ3n) is 5.11. The fraction of sp³-hybridized carbons (Fsp3) is 0. The Labute approximate surface area is 168 Å². The van der Waals surface area contributed by atoms with Crippen LogP contribution >= 0.6 is 11.6 Å². The molecule has 1 N–H and O–H groups in total. The summed E-state index contributed by atoms with van der Waals surface area (Å²) in [5.74, 6) is 0. The molecule has 5 aromatic rings. The standard InChI is InChI=1S/C24H16BClO2/c26-21-12-11-20(25-27)24-22(21)19-14-17(15-7-3-1-4-8-15)13-18(23(19)28-24)16-9-5-2-6-10-16/h1-14,25,27H. The van der Waals surface area contributed by atoms with Gasteiger partial charge in [0.15, 0.2) is 0 Å². The van der Waals surface area contributed by atoms with Crippen molar-refractivity contribution in [1.29, 1.82) is 0 Å². The third kappa shape index (κ3) is 2.72. The monoisotopic (exact) mass is 382 g/mol. The van der Waals surface area contributed by atoms with Crippen LogP contribution in [0.2, 0.25) is 5.02 Å². The molecule has 1 heterocycles. The van der Waals surface area contributed by atoms with Crippen LogP contribution in [0.25, 0.3) is 44.2 Å². The Kier molecular flexibility index (Phi) is 4.20. The quantitative estimate of drug-likeness (QED) is 0.415. The van der Waals surface area contributed by atoms with Crippen molar-refractivity contribution in [1.82, 2.24) is 0 Å². The molecule has 2 nitrogen and oxygen atoms in total. The average molecular weight is 383 g/mol. The van der Waals surface area contributed by atoms with Crippen molar-refractivity contribution in [2.24, 2.45) is 0 Å². The van der Waals surface area contributed by atoms with E-state index in [4.69, 9.17) is 16.0 Å². The number of hydrogen-bond acceptors (Lipinski definition) is 2. The summed E-state index contributed by atoms with van der Waals surface area (Å²) in [7, 11) is -0.0975. The second kappa shape index (κ2) is 6.86. The van der Waals surface area contributed by atoms with E-state index < -0.39 is 0 Å². The molecule has 0 saturated carbocycles. The van der Waals surface area contributed by atoms with Gasteiger partial charge < -0.3 is 9.44 Å². The Morgan fingerprint density at radius 1 is 0.714 bits per heavy atom. The second-order valence-electron chi connectivity index (χ2n) is 6.80. The zero-order valence-corrected chi connectivity index (χ0v) is 15.8. The maximum absolute atomic E-state index is 9.77. The van der Waals surface area contributed by atoms with E-state index in [0.717, 1.165) is 44.1 Å². The maximum Gasteiger partial charge on any atom is 0.308 e. The molecular formula is C24H16BClO2. The highest BCUT2D eigenvalue weighted by atomic mass is 35.5. The Bertz CT molecular complexity index is 1290. The molecule has 5 rings (SSSR count). The van der Waals surface area contributed by atoms with Crippen LogP contribution in [0.1, 0.15) is 0 Å². The van der Waals surface area contributed by atoms with Crippen molar-refractivity contribution in [3.8, 4) is 22.3 Å². The summed E-state index contributed by atoms with van der Waals surface area (Å²) in [6.07, 6.45) is 0. The van der Waals surface area contributed by atoms with Crippen molar-refractivity contribution < 1.29 is 9.44 Å². The second-order valence-corrected chi connectivity index (χ2v) is 7.21. The van der Waals surface area contributed by atoms with E-state index in [1.165, 1.54) is 0 Å². The van der Waals surface area contributed by atoms with Gasteiger partial charge in [-0.15, -0.1) is 0 Å². The van der Waals surface area contributed by atoms with Crippen LogP contribution in [0.4, 0.5) is 0 Å². The van der Waals surface area contributed by atoms with E-state index in [0.29, 0.717) is 10.6 Å². The fourth-order valence-electron chi connectivity index (χ4n) is 3.75. The molecule has 0 aliphatic heterocycles. The van der Waals surface area contributed by atoms with Crippen LogP contribution in [0.5, 0.6) is 0 Å². The van der Waals surface area contributed by atoms with Gasteiger partial charge in [-0.25, -0.2) is 0 Å². The normalized spacial score (nSPS) is 11.2. The van der Waals surface area contributed by atoms with Crippen molar-refractivity contribution in [2.75, 3.05) is 0 Å². The summed E-state index contributed by atoms with van der Waals surface area (Å²) in [5, 5.41) is 12.2. The summed E-state index contributed by atoms with van der Waals surface area (Å²) >= 11 is 6.56. The number of rotatable bonds is 3. The number of halogens is 1. The van der Waals surface area contributed by atoms with E-state index in [2.05, 4.69) is 36.4 Å². The van der Waals surface area contributed by atoms with Gasteiger partial charge >= 0.3 is 7.48 Å². The Morgan fingerprint density at radius 2 is 1.39 bits per heavy atom. The zero-order valence-electron chi connectivity index (χ0n) is 15.0. The first-order valence-corrected chi connectivity index (χ1v) is 9.53. The smallest absolute Gasteiger partial charge is 0.308 e. The Balaban J connectivity index is 1.94. The number of hydrogen-bond donors (Lipinski definition) is 1. The van der Waals surface area contributed by atoms with Crippen molar-refractivity contribution in [3.05, 3.63) is 90.0 Å². The molecule has 4 heteroatoms. The summed E-state index contributed by atoms with van der Waals surface area (Å²) in [6.45, 7) is 0. The van der Waals surface area contributed by atoms with Crippen LogP contribution < -0.4 is 5.46 Å². The molecule has 0 unspecified atom stereocenters. The summed E-state index contributed by atoms with van der Waals surface area (Å²) in [5.41, 5.74) is 6.47. The predicted molar refractivity (Wildman–Crippen MR) is 119 cm³/mol. The summed E-state index contributed by atoms with van der Waals surface area (Å²) in [6, 6.07) is 28.4. The lowest BCUT2D eigenvalue weighted by Crippen LogP contribution is -2.13. The minimum absolute atomic E-state index is 0.0975. The molecule has 28 heavy (non-hydrogen) atoms. The van der Waals surface area contributed by atoms with Gasteiger partial charge in [0.25, 0.3) is 0 Å². The maximum atomic E-state index is 9.77. The molecule has 1 aromatic heterocycles. The van der Waals surface area contributed by atoms with E-state index in [1.54, 1.807) is 0 Å². The minimum Gasteiger partial charge on any atom is -0.456 e. The van der Waals surface area contributed by atoms with Crippen LogP contribution in [-0.4, -0.2) is 12.5 Å². The van der Waals surface area contributed by atoms with Crippen molar-refractivity contribution in [3.63, 3.8) is 0 Å². The lowest BCUT2D eigenvalue weighted by Gasteiger charge is -2.08. The molecule has 0 saturated heterocycles. The molecule has 0 bridgehead atoms. The predicted octanol–water partition coefficient (Wildman–Crippen LogP) is 5.54. The average Bonchev–Trinajstić information content (AvgIpc) is 3.15. The van der Waals surface area contributed by atoms with Crippen LogP contribution in [-0.2, 0) is 0 Å². The van der Waals surface area contributed by atoms with Gasteiger partial charge in [0, 0.05) is 16.3 Å². The van der Waals surface area contributed by atoms with Crippen LogP contribution in [0, 0.1) is 0 Å². The number of fused-ring (bicyclic) bond motifs is 3. The summed E-state index contributed by atoms with van der Waals surface area (Å²) in [4.78, 5) is 0. The van der Waals surface area contributed by atoms with Gasteiger partial charge in [-0.1, -0.05) is 78.3 Å². The molecule has 0 aliphatic rings. The number of benzene rings is 4. The van der Waals surface area contributed by atoms with E-state index in [1.807, 2.05) is 48.5 Å². The highest BCUT2D eigenvalue weighted by Gasteiger charge is 2.19. The largest absolute Gasteiger partial charge is 0.456 e. The first-order valence-electron chi connectivity index (χ1n) is 9.15. The van der Waals surface area contributed by atoms with Gasteiger partial charge in [0.05, 0.1) is 5.02 Å². The van der Waals surface area contributed by atoms with Gasteiger partial charge in [0.2, 0.25) is 0 Å². The molecule has 0 atom stereocenters. The van der Waals surface area contributed by atoms with Crippen LogP contribution in [0.15, 0.2) is 89.3 Å². The molecule has 0 radical (unpaired) electrons. The van der Waals surface area contributed by atoms with Crippen molar-refractivity contribution >= 4 is 46.5 Å². The van der Waals surface area contributed by atoms with E-state index in [9.17, 15) is 5.02 Å². The molecule has 0 aliphatic carbocycles. The molecule has 4 aromatic carbocycles. The van der Waals surface area contributed by atoms with Crippen LogP contribution in [0.3, 0.4) is 0 Å². The molecule has 0 spiro atoms. The first kappa shape index (κ1) is 17.1. The van der Waals surface area contributed by atoms with Gasteiger partial charge in [-0.2, -0.15) is 0 Å². The van der Waals surface area contributed by atoms with Gasteiger partial charge in [0.1, 0.15) is 11.2 Å². The fourth-order valence-corrected chi connectivity index (χ4v) is 4.00. The lowest BCUT2D eigenvalue weighted by molar-refractivity contribution is 0.613. The zero-order chi connectivity index (χ0) is 19.1. The number of furan rings is 1. The van der Waals surface area contributed by atoms with Gasteiger partial charge in [-0.05, 0) is 40.4 Å². The highest BCUT2D eigenvalue weighted by molar-refractivity contribution is 6.51. The first-order chi connectivity index (χ1) is 13.8. The minimum atomic E-state index is -0.0975. The summed E-state index contributed by atoms with van der Waals surface area (Å²) < 4.78 is 6.29. The SMILES string of the molecule is OBc1ccc(Cl)c2c1oc1c(-c3ccccc3)cc(-c3ccccc3)cc12.